The van der Waals surface area contributed by atoms with Crippen molar-refractivity contribution in [3.8, 4) is 0 Å². The summed E-state index contributed by atoms with van der Waals surface area (Å²) in [5.41, 5.74) is 0. The number of rotatable bonds is 11. The summed E-state index contributed by atoms with van der Waals surface area (Å²) in [6, 6.07) is 0. The smallest absolute Gasteiger partial charge is 0.0355 e. The minimum absolute atomic E-state index is 1.10. The first-order chi connectivity index (χ1) is 12.9. The van der Waals surface area contributed by atoms with Crippen molar-refractivity contribution in [2.24, 2.45) is 29.6 Å². The van der Waals surface area contributed by atoms with Crippen LogP contribution in [0, 0.1) is 29.6 Å². The predicted molar refractivity (Wildman–Crippen MR) is 115 cm³/mol. The third-order valence-electron chi connectivity index (χ3n) is 8.54. The second-order valence-corrected chi connectivity index (χ2v) is 10.4. The maximum Gasteiger partial charge on any atom is -0.0355 e. The fourth-order valence-corrected chi connectivity index (χ4v) is 7.05. The minimum atomic E-state index is 1.10. The van der Waals surface area contributed by atoms with Gasteiger partial charge in [-0.15, -0.1) is 0 Å². The molecular weight excluding hydrogens is 312 g/mol. The van der Waals surface area contributed by atoms with Gasteiger partial charge in [0.1, 0.15) is 0 Å². The van der Waals surface area contributed by atoms with Crippen LogP contribution in [0.1, 0.15) is 135 Å². The van der Waals surface area contributed by atoms with Gasteiger partial charge in [-0.1, -0.05) is 103 Å². The van der Waals surface area contributed by atoms with Crippen molar-refractivity contribution in [2.45, 2.75) is 135 Å². The Bertz CT molecular complexity index is 359. The lowest BCUT2D eigenvalue weighted by molar-refractivity contribution is 0.0101. The summed E-state index contributed by atoms with van der Waals surface area (Å²) in [5, 5.41) is 0. The van der Waals surface area contributed by atoms with Crippen molar-refractivity contribution >= 4 is 0 Å². The van der Waals surface area contributed by atoms with Gasteiger partial charge in [0.15, 0.2) is 0 Å². The molecule has 5 atom stereocenters. The van der Waals surface area contributed by atoms with Crippen LogP contribution < -0.4 is 0 Å². The summed E-state index contributed by atoms with van der Waals surface area (Å²) in [5.74, 6) is 5.68. The maximum absolute atomic E-state index is 2.31. The van der Waals surface area contributed by atoms with E-state index < -0.39 is 0 Å². The highest BCUT2D eigenvalue weighted by atomic mass is 14.5. The molecule has 3 fully saturated rings. The molecule has 3 saturated carbocycles. The van der Waals surface area contributed by atoms with E-state index in [-0.39, 0.29) is 0 Å². The van der Waals surface area contributed by atoms with Crippen LogP contribution in [-0.4, -0.2) is 0 Å². The normalized spacial score (nSPS) is 34.3. The largest absolute Gasteiger partial charge is 0.0654 e. The molecule has 0 nitrogen and oxygen atoms in total. The van der Waals surface area contributed by atoms with E-state index >= 15 is 0 Å². The van der Waals surface area contributed by atoms with Crippen molar-refractivity contribution in [1.82, 2.24) is 0 Å². The van der Waals surface area contributed by atoms with Gasteiger partial charge in [-0.05, 0) is 61.7 Å². The van der Waals surface area contributed by atoms with Crippen molar-refractivity contribution in [3.63, 3.8) is 0 Å². The highest BCUT2D eigenvalue weighted by Crippen LogP contribution is 2.52. The summed E-state index contributed by atoms with van der Waals surface area (Å²) in [6.45, 7) is 2.31. The van der Waals surface area contributed by atoms with E-state index in [1.54, 1.807) is 64.2 Å². The van der Waals surface area contributed by atoms with Gasteiger partial charge in [-0.2, -0.15) is 0 Å². The SMILES string of the molecule is CCCCCCCCCCCCC1CCC2C(CCC3CCCCC32)C1. The Hall–Kier alpha value is 0. The molecule has 0 saturated heterocycles. The minimum Gasteiger partial charge on any atom is -0.0654 e. The van der Waals surface area contributed by atoms with Crippen molar-refractivity contribution in [2.75, 3.05) is 0 Å². The average molecular weight is 361 g/mol. The van der Waals surface area contributed by atoms with Gasteiger partial charge in [-0.25, -0.2) is 0 Å². The van der Waals surface area contributed by atoms with Crippen LogP contribution in [0.15, 0.2) is 0 Å². The predicted octanol–water partition coefficient (Wildman–Crippen LogP) is 8.93. The van der Waals surface area contributed by atoms with Crippen LogP contribution >= 0.6 is 0 Å². The van der Waals surface area contributed by atoms with Crippen molar-refractivity contribution < 1.29 is 0 Å². The lowest BCUT2D eigenvalue weighted by atomic mass is 9.56. The first kappa shape index (κ1) is 20.7. The van der Waals surface area contributed by atoms with Gasteiger partial charge in [0, 0.05) is 0 Å². The molecule has 0 aromatic carbocycles. The van der Waals surface area contributed by atoms with Gasteiger partial charge in [0.05, 0.1) is 0 Å². The molecule has 5 unspecified atom stereocenters. The van der Waals surface area contributed by atoms with Gasteiger partial charge in [0.25, 0.3) is 0 Å². The number of hydrogen-bond acceptors (Lipinski definition) is 0. The fraction of sp³-hybridized carbons (Fsp3) is 1.00. The third kappa shape index (κ3) is 6.27. The molecule has 0 aromatic heterocycles. The highest BCUT2D eigenvalue weighted by molar-refractivity contribution is 4.92. The van der Waals surface area contributed by atoms with Gasteiger partial charge in [0.2, 0.25) is 0 Å². The van der Waals surface area contributed by atoms with E-state index in [9.17, 15) is 0 Å². The zero-order valence-electron chi connectivity index (χ0n) is 18.0. The van der Waals surface area contributed by atoms with E-state index in [1.165, 1.54) is 64.2 Å². The van der Waals surface area contributed by atoms with E-state index in [4.69, 9.17) is 0 Å². The molecule has 0 spiro atoms. The molecule has 0 aromatic rings. The van der Waals surface area contributed by atoms with Crippen LogP contribution in [0.4, 0.5) is 0 Å². The van der Waals surface area contributed by atoms with E-state index in [0.717, 1.165) is 29.6 Å². The van der Waals surface area contributed by atoms with Crippen LogP contribution in [0.3, 0.4) is 0 Å². The first-order valence-electron chi connectivity index (χ1n) is 12.9. The monoisotopic (exact) mass is 360 g/mol. The van der Waals surface area contributed by atoms with E-state index in [1.807, 2.05) is 0 Å². The standard InChI is InChI=1S/C26H48/c1-2-3-4-5-6-7-8-9-10-11-14-22-17-20-26-24(21-22)19-18-23-15-12-13-16-25(23)26/h22-26H,2-21H2,1H3. The zero-order valence-corrected chi connectivity index (χ0v) is 18.0. The van der Waals surface area contributed by atoms with Gasteiger partial charge in [-0.3, -0.25) is 0 Å². The van der Waals surface area contributed by atoms with Crippen LogP contribution in [-0.2, 0) is 0 Å². The van der Waals surface area contributed by atoms with Crippen LogP contribution in [0.2, 0.25) is 0 Å². The third-order valence-corrected chi connectivity index (χ3v) is 8.54. The molecule has 3 rings (SSSR count). The molecule has 152 valence electrons. The van der Waals surface area contributed by atoms with Crippen LogP contribution in [0.5, 0.6) is 0 Å². The van der Waals surface area contributed by atoms with E-state index in [2.05, 4.69) is 6.92 Å². The first-order valence-corrected chi connectivity index (χ1v) is 12.9. The molecule has 0 bridgehead atoms. The molecule has 0 heterocycles. The maximum atomic E-state index is 2.31. The fourth-order valence-electron chi connectivity index (χ4n) is 7.05. The number of hydrogen-bond donors (Lipinski definition) is 0. The zero-order chi connectivity index (χ0) is 18.0. The summed E-state index contributed by atoms with van der Waals surface area (Å²) < 4.78 is 0. The summed E-state index contributed by atoms with van der Waals surface area (Å²) >= 11 is 0. The topological polar surface area (TPSA) is 0 Å². The Morgan fingerprint density at radius 1 is 0.538 bits per heavy atom. The van der Waals surface area contributed by atoms with Gasteiger partial charge < -0.3 is 0 Å². The van der Waals surface area contributed by atoms with Crippen molar-refractivity contribution in [3.05, 3.63) is 0 Å². The molecule has 3 aliphatic rings. The van der Waals surface area contributed by atoms with Gasteiger partial charge >= 0.3 is 0 Å². The van der Waals surface area contributed by atoms with Crippen molar-refractivity contribution in [1.29, 1.82) is 0 Å². The number of fused-ring (bicyclic) bond motifs is 3. The molecule has 0 radical (unpaired) electrons. The Kier molecular flexibility index (Phi) is 9.37. The Morgan fingerprint density at radius 3 is 1.92 bits per heavy atom. The quantitative estimate of drug-likeness (QED) is 0.322. The Balaban J connectivity index is 1.22. The Morgan fingerprint density at radius 2 is 1.15 bits per heavy atom. The lowest BCUT2D eigenvalue weighted by Gasteiger charge is -2.49. The second-order valence-electron chi connectivity index (χ2n) is 10.4. The lowest BCUT2D eigenvalue weighted by Crippen LogP contribution is -2.40. The Labute approximate surface area is 165 Å². The molecule has 0 N–H and O–H groups in total. The second kappa shape index (κ2) is 11.8. The van der Waals surface area contributed by atoms with Crippen LogP contribution in [0.25, 0.3) is 0 Å². The molecule has 0 aliphatic heterocycles. The molecule has 3 aliphatic carbocycles. The molecule has 0 heteroatoms. The average Bonchev–Trinajstić information content (AvgIpc) is 2.69. The summed E-state index contributed by atoms with van der Waals surface area (Å²) in [4.78, 5) is 0. The number of unbranched alkanes of at least 4 members (excludes halogenated alkanes) is 9. The van der Waals surface area contributed by atoms with E-state index in [0.29, 0.717) is 0 Å². The molecule has 26 heavy (non-hydrogen) atoms. The molecule has 0 amide bonds. The highest BCUT2D eigenvalue weighted by Gasteiger charge is 2.42. The molecular formula is C26H48. The summed E-state index contributed by atoms with van der Waals surface area (Å²) in [7, 11) is 0. The summed E-state index contributed by atoms with van der Waals surface area (Å²) in [6.07, 6.45) is 30.7.